The SMILES string of the molecule is CN[C@@H](C)C(=O)NC1CCCC[C@H]2CCC(C(=O)NCc3cccc(NC(=O)C4CCCC(=O)O4)c3)N2C1=O. The Kier molecular flexibility index (Phi) is 9.55. The van der Waals surface area contributed by atoms with Crippen molar-refractivity contribution < 1.29 is 28.7 Å². The fourth-order valence-electron chi connectivity index (χ4n) is 5.53. The van der Waals surface area contributed by atoms with Gasteiger partial charge in [0.15, 0.2) is 6.10 Å². The number of amides is 4. The third kappa shape index (κ3) is 7.14. The monoisotopic (exact) mass is 541 g/mol. The molecule has 0 radical (unpaired) electrons. The average Bonchev–Trinajstić information content (AvgIpc) is 3.35. The number of ether oxygens (including phenoxy) is 1. The van der Waals surface area contributed by atoms with Gasteiger partial charge in [-0.3, -0.25) is 24.0 Å². The van der Waals surface area contributed by atoms with Crippen molar-refractivity contribution in [2.75, 3.05) is 12.4 Å². The maximum absolute atomic E-state index is 13.6. The van der Waals surface area contributed by atoms with E-state index >= 15 is 0 Å². The molecule has 11 heteroatoms. The summed E-state index contributed by atoms with van der Waals surface area (Å²) in [5.74, 6) is -1.40. The molecule has 0 aliphatic carbocycles. The average molecular weight is 542 g/mol. The van der Waals surface area contributed by atoms with Crippen molar-refractivity contribution in [3.8, 4) is 0 Å². The lowest BCUT2D eigenvalue weighted by Crippen LogP contribution is -2.57. The van der Waals surface area contributed by atoms with Gasteiger partial charge in [-0.15, -0.1) is 0 Å². The number of rotatable bonds is 8. The summed E-state index contributed by atoms with van der Waals surface area (Å²) in [5, 5.41) is 11.5. The Morgan fingerprint density at radius 1 is 1.03 bits per heavy atom. The second kappa shape index (κ2) is 13.1. The summed E-state index contributed by atoms with van der Waals surface area (Å²) < 4.78 is 5.13. The largest absolute Gasteiger partial charge is 0.452 e. The standard InChI is InChI=1S/C28H39N5O6/c1-17(29-2)25(35)32-21-10-4-3-9-20-13-14-22(33(20)28(21)38)26(36)30-16-18-7-5-8-19(15-18)31-27(37)23-11-6-12-24(34)39-23/h5,7-8,15,17,20-23,29H,3-4,6,9-14,16H2,1-2H3,(H,30,36)(H,31,37)(H,32,35)/t17-,20-,21?,22?,23?/m0/s1. The number of cyclic esters (lactones) is 1. The summed E-state index contributed by atoms with van der Waals surface area (Å²) in [6.07, 6.45) is 5.16. The van der Waals surface area contributed by atoms with Crippen molar-refractivity contribution in [3.05, 3.63) is 29.8 Å². The third-order valence-electron chi connectivity index (χ3n) is 7.86. The molecule has 0 saturated carbocycles. The van der Waals surface area contributed by atoms with Crippen LogP contribution in [0.1, 0.15) is 70.3 Å². The van der Waals surface area contributed by atoms with E-state index in [9.17, 15) is 24.0 Å². The van der Waals surface area contributed by atoms with Crippen LogP contribution in [0.4, 0.5) is 5.69 Å². The van der Waals surface area contributed by atoms with Crippen molar-refractivity contribution in [1.29, 1.82) is 0 Å². The maximum atomic E-state index is 13.6. The molecular weight excluding hydrogens is 502 g/mol. The number of anilines is 1. The molecule has 1 aromatic carbocycles. The molecule has 11 nitrogen and oxygen atoms in total. The Bertz CT molecular complexity index is 1090. The van der Waals surface area contributed by atoms with Gasteiger partial charge in [0.2, 0.25) is 17.7 Å². The van der Waals surface area contributed by atoms with Crippen LogP contribution in [0.3, 0.4) is 0 Å². The molecule has 3 saturated heterocycles. The molecule has 4 rings (SSSR count). The van der Waals surface area contributed by atoms with Crippen LogP contribution >= 0.6 is 0 Å². The fourth-order valence-corrected chi connectivity index (χ4v) is 5.53. The van der Waals surface area contributed by atoms with Gasteiger partial charge in [0.25, 0.3) is 5.91 Å². The van der Waals surface area contributed by atoms with Gasteiger partial charge in [0.1, 0.15) is 12.1 Å². The highest BCUT2D eigenvalue weighted by atomic mass is 16.5. The van der Waals surface area contributed by atoms with E-state index in [4.69, 9.17) is 4.74 Å². The molecule has 0 spiro atoms. The third-order valence-corrected chi connectivity index (χ3v) is 7.86. The Hall–Kier alpha value is -3.47. The number of nitrogens with one attached hydrogen (secondary N) is 4. The van der Waals surface area contributed by atoms with Crippen molar-refractivity contribution in [2.45, 2.75) is 102 Å². The zero-order valence-corrected chi connectivity index (χ0v) is 22.7. The second-order valence-electron chi connectivity index (χ2n) is 10.6. The predicted molar refractivity (Wildman–Crippen MR) is 143 cm³/mol. The highest BCUT2D eigenvalue weighted by molar-refractivity contribution is 5.96. The van der Waals surface area contributed by atoms with Crippen molar-refractivity contribution in [3.63, 3.8) is 0 Å². The maximum Gasteiger partial charge on any atom is 0.306 e. The molecule has 0 aromatic heterocycles. The number of nitrogens with zero attached hydrogens (tertiary/aromatic N) is 1. The van der Waals surface area contributed by atoms with E-state index in [1.54, 1.807) is 37.1 Å². The molecule has 3 heterocycles. The van der Waals surface area contributed by atoms with Crippen LogP contribution in [0, 0.1) is 0 Å². The van der Waals surface area contributed by atoms with Gasteiger partial charge >= 0.3 is 5.97 Å². The van der Waals surface area contributed by atoms with Crippen LogP contribution in [0.25, 0.3) is 0 Å². The molecule has 1 aromatic rings. The molecule has 4 amide bonds. The Labute approximate surface area is 228 Å². The lowest BCUT2D eigenvalue weighted by molar-refractivity contribution is -0.158. The zero-order valence-electron chi connectivity index (χ0n) is 22.7. The van der Waals surface area contributed by atoms with Crippen LogP contribution in [-0.4, -0.2) is 71.8 Å². The van der Waals surface area contributed by atoms with E-state index in [2.05, 4.69) is 21.3 Å². The first-order valence-electron chi connectivity index (χ1n) is 13.9. The number of esters is 1. The van der Waals surface area contributed by atoms with Crippen LogP contribution in [0.2, 0.25) is 0 Å². The smallest absolute Gasteiger partial charge is 0.306 e. The van der Waals surface area contributed by atoms with Gasteiger partial charge in [-0.2, -0.15) is 0 Å². The number of likely N-dealkylation sites (N-methyl/N-ethyl adjacent to an activating group) is 1. The van der Waals surface area contributed by atoms with Gasteiger partial charge in [0.05, 0.1) is 6.04 Å². The Balaban J connectivity index is 1.36. The lowest BCUT2D eigenvalue weighted by atomic mass is 9.98. The molecule has 3 fully saturated rings. The normalized spacial score (nSPS) is 25.9. The molecular formula is C28H39N5O6. The molecule has 0 bridgehead atoms. The van der Waals surface area contributed by atoms with Crippen molar-refractivity contribution >= 4 is 35.3 Å². The van der Waals surface area contributed by atoms with E-state index < -0.39 is 24.2 Å². The zero-order chi connectivity index (χ0) is 27.9. The number of benzene rings is 1. The van der Waals surface area contributed by atoms with Gasteiger partial charge < -0.3 is 30.9 Å². The minimum absolute atomic E-state index is 0.0119. The summed E-state index contributed by atoms with van der Waals surface area (Å²) in [4.78, 5) is 65.0. The number of fused-ring (bicyclic) bond motifs is 1. The molecule has 5 atom stereocenters. The van der Waals surface area contributed by atoms with E-state index in [1.807, 2.05) is 6.07 Å². The highest BCUT2D eigenvalue weighted by Gasteiger charge is 2.43. The quantitative estimate of drug-likeness (QED) is 0.364. The summed E-state index contributed by atoms with van der Waals surface area (Å²) in [6, 6.07) is 5.43. The first-order chi connectivity index (χ1) is 18.8. The van der Waals surface area contributed by atoms with E-state index in [-0.39, 0.29) is 42.2 Å². The predicted octanol–water partition coefficient (Wildman–Crippen LogP) is 1.36. The molecule has 39 heavy (non-hydrogen) atoms. The minimum Gasteiger partial charge on any atom is -0.452 e. The van der Waals surface area contributed by atoms with E-state index in [1.165, 1.54) is 0 Å². The van der Waals surface area contributed by atoms with Crippen LogP contribution in [-0.2, 0) is 35.3 Å². The van der Waals surface area contributed by atoms with Crippen LogP contribution in [0.5, 0.6) is 0 Å². The molecule has 3 aliphatic heterocycles. The van der Waals surface area contributed by atoms with E-state index in [0.717, 1.165) is 31.2 Å². The van der Waals surface area contributed by atoms with Crippen molar-refractivity contribution in [1.82, 2.24) is 20.9 Å². The molecule has 3 aliphatic rings. The van der Waals surface area contributed by atoms with E-state index in [0.29, 0.717) is 37.8 Å². The first-order valence-corrected chi connectivity index (χ1v) is 13.9. The summed E-state index contributed by atoms with van der Waals surface area (Å²) in [6.45, 7) is 1.97. The number of hydrogen-bond acceptors (Lipinski definition) is 7. The molecule has 212 valence electrons. The van der Waals surface area contributed by atoms with Gasteiger partial charge in [0, 0.05) is 24.7 Å². The molecule has 3 unspecified atom stereocenters. The second-order valence-corrected chi connectivity index (χ2v) is 10.6. The van der Waals surface area contributed by atoms with Crippen LogP contribution in [0.15, 0.2) is 24.3 Å². The summed E-state index contributed by atoms with van der Waals surface area (Å²) >= 11 is 0. The van der Waals surface area contributed by atoms with Gasteiger partial charge in [-0.05, 0) is 70.2 Å². The van der Waals surface area contributed by atoms with Gasteiger partial charge in [-0.25, -0.2) is 0 Å². The van der Waals surface area contributed by atoms with Crippen molar-refractivity contribution in [2.24, 2.45) is 0 Å². The fraction of sp³-hybridized carbons (Fsp3) is 0.607. The highest BCUT2D eigenvalue weighted by Crippen LogP contribution is 2.31. The Morgan fingerprint density at radius 3 is 2.59 bits per heavy atom. The first kappa shape index (κ1) is 28.5. The molecule has 4 N–H and O–H groups in total. The lowest BCUT2D eigenvalue weighted by Gasteiger charge is -2.35. The topological polar surface area (TPSA) is 146 Å². The summed E-state index contributed by atoms with van der Waals surface area (Å²) in [7, 11) is 1.69. The van der Waals surface area contributed by atoms with Crippen LogP contribution < -0.4 is 21.3 Å². The number of carbonyl (C=O) groups excluding carboxylic acids is 5. The Morgan fingerprint density at radius 2 is 1.82 bits per heavy atom. The summed E-state index contributed by atoms with van der Waals surface area (Å²) in [5.41, 5.74) is 1.32. The van der Waals surface area contributed by atoms with Gasteiger partial charge in [-0.1, -0.05) is 25.0 Å². The number of carbonyl (C=O) groups is 5. The number of hydrogen-bond donors (Lipinski definition) is 4. The minimum atomic E-state index is -0.796.